The number of anilines is 1. The van der Waals surface area contributed by atoms with Gasteiger partial charge >= 0.3 is 0 Å². The molecule has 0 unspecified atom stereocenters. The Morgan fingerprint density at radius 3 is 2.51 bits per heavy atom. The minimum Gasteiger partial charge on any atom is -0.506 e. The zero-order chi connectivity index (χ0) is 26.7. The van der Waals surface area contributed by atoms with Crippen molar-refractivity contribution in [2.45, 2.75) is 31.9 Å². The van der Waals surface area contributed by atoms with Crippen LogP contribution in [-0.4, -0.2) is 63.6 Å². The van der Waals surface area contributed by atoms with Gasteiger partial charge in [-0.05, 0) is 37.3 Å². The zero-order valence-corrected chi connectivity index (χ0v) is 21.6. The Bertz CT molecular complexity index is 1570. The van der Waals surface area contributed by atoms with Crippen LogP contribution >= 0.6 is 0 Å². The topological polar surface area (TPSA) is 154 Å². The van der Waals surface area contributed by atoms with Gasteiger partial charge in [-0.2, -0.15) is 0 Å². The van der Waals surface area contributed by atoms with Crippen molar-refractivity contribution in [3.8, 4) is 17.2 Å². The molecule has 4 rings (SSSR count). The number of aryl methyl sites for hydroxylation is 1. The summed E-state index contributed by atoms with van der Waals surface area (Å²) in [4.78, 5) is 12.8. The van der Waals surface area contributed by atoms with Crippen molar-refractivity contribution < 1.29 is 23.0 Å². The molecule has 1 aliphatic heterocycles. The first kappa shape index (κ1) is 25.6. The Balaban J connectivity index is 1.82. The fraction of sp³-hybridized carbons (Fsp3) is 0.292. The van der Waals surface area contributed by atoms with Gasteiger partial charge in [0, 0.05) is 18.3 Å². The highest BCUT2D eigenvalue weighted by Crippen LogP contribution is 2.36. The third-order valence-electron chi connectivity index (χ3n) is 5.75. The lowest BCUT2D eigenvalue weighted by Gasteiger charge is -2.21. The number of aromatic hydroxyl groups is 1. The van der Waals surface area contributed by atoms with E-state index in [0.717, 1.165) is 5.56 Å². The van der Waals surface area contributed by atoms with Crippen molar-refractivity contribution in [1.29, 1.82) is 0 Å². The molecule has 12 nitrogen and oxygen atoms in total. The predicted molar refractivity (Wildman–Crippen MR) is 136 cm³/mol. The number of rotatable bonds is 8. The van der Waals surface area contributed by atoms with Crippen LogP contribution in [0.2, 0.25) is 0 Å². The van der Waals surface area contributed by atoms with Gasteiger partial charge in [0.25, 0.3) is 0 Å². The average molecular weight is 524 g/mol. The van der Waals surface area contributed by atoms with Gasteiger partial charge in [0.1, 0.15) is 23.0 Å². The lowest BCUT2D eigenvalue weighted by molar-refractivity contribution is 0.404. The minimum atomic E-state index is -4.05. The van der Waals surface area contributed by atoms with Crippen LogP contribution in [0.4, 0.5) is 5.95 Å². The fourth-order valence-electron chi connectivity index (χ4n) is 3.50. The third-order valence-corrected chi connectivity index (χ3v) is 7.60. The number of phenols is 1. The summed E-state index contributed by atoms with van der Waals surface area (Å²) >= 11 is 0. The molecule has 192 valence electrons. The molecule has 13 heteroatoms. The van der Waals surface area contributed by atoms with E-state index in [1.54, 1.807) is 38.4 Å². The summed E-state index contributed by atoms with van der Waals surface area (Å²) in [5, 5.41) is 18.0. The van der Waals surface area contributed by atoms with E-state index in [1.165, 1.54) is 30.9 Å². The number of nitrogens with zero attached hydrogens (tertiary/aromatic N) is 6. The van der Waals surface area contributed by atoms with Gasteiger partial charge in [0.05, 0.1) is 25.5 Å². The van der Waals surface area contributed by atoms with E-state index in [2.05, 4.69) is 41.3 Å². The van der Waals surface area contributed by atoms with Crippen molar-refractivity contribution in [1.82, 2.24) is 24.7 Å². The van der Waals surface area contributed by atoms with Gasteiger partial charge in [-0.1, -0.05) is 18.7 Å². The number of ether oxygens (including phenoxy) is 2. The predicted octanol–water partition coefficient (Wildman–Crippen LogP) is 2.72. The number of benzene rings is 1. The first-order chi connectivity index (χ1) is 17.7. The van der Waals surface area contributed by atoms with Crippen molar-refractivity contribution in [3.05, 3.63) is 65.3 Å². The molecule has 0 aliphatic carbocycles. The molecule has 0 fully saturated rings. The maximum Gasteiger partial charge on any atom is 0.243 e. The van der Waals surface area contributed by atoms with Crippen LogP contribution in [0.25, 0.3) is 11.4 Å². The molecule has 0 radical (unpaired) electrons. The normalized spacial score (nSPS) is 14.5. The number of phenolic OH excluding ortho intramolecular Hbond substituents is 1. The highest BCUT2D eigenvalue weighted by atomic mass is 32.2. The highest BCUT2D eigenvalue weighted by Gasteiger charge is 2.32. The van der Waals surface area contributed by atoms with Crippen molar-refractivity contribution in [2.24, 2.45) is 4.99 Å². The zero-order valence-electron chi connectivity index (χ0n) is 20.8. The van der Waals surface area contributed by atoms with Crippen molar-refractivity contribution >= 4 is 27.6 Å². The molecule has 0 bridgehead atoms. The van der Waals surface area contributed by atoms with E-state index in [9.17, 15) is 13.5 Å². The molecule has 0 spiro atoms. The molecule has 3 heterocycles. The largest absolute Gasteiger partial charge is 0.506 e. The van der Waals surface area contributed by atoms with E-state index in [-0.39, 0.29) is 40.6 Å². The smallest absolute Gasteiger partial charge is 0.243 e. The summed E-state index contributed by atoms with van der Waals surface area (Å²) in [6.07, 6.45) is 4.74. The lowest BCUT2D eigenvalue weighted by atomic mass is 10.1. The monoisotopic (exact) mass is 523 g/mol. The summed E-state index contributed by atoms with van der Waals surface area (Å²) in [5.74, 6) is -0.0255. The first-order valence-corrected chi connectivity index (χ1v) is 12.7. The Labute approximate surface area is 213 Å². The molecule has 1 aliphatic rings. The van der Waals surface area contributed by atoms with E-state index in [4.69, 9.17) is 9.47 Å². The van der Waals surface area contributed by atoms with E-state index < -0.39 is 21.2 Å². The van der Waals surface area contributed by atoms with E-state index >= 15 is 0 Å². The number of hydrogen-bond acceptors (Lipinski definition) is 10. The Hall–Kier alpha value is -4.44. The number of sulfonamides is 1. The second-order valence-corrected chi connectivity index (χ2v) is 10.2. The molecular formula is C24H25N7O5S. The Morgan fingerprint density at radius 2 is 1.84 bits per heavy atom. The third kappa shape index (κ3) is 5.10. The standard InChI is InChI=1S/C24H25N7O5S/c1-14-12-25-22(26-13-14)15(2)16(3)37(33,34)30-24-29-28-23(17-8-6-11-20(27-17)36-5)31(24)21-18(32)9-7-10-19(21)35-4/h7,9-13,15-16,32H,1-5H3,(H,29,30)/t15-,16-/m0/s1. The summed E-state index contributed by atoms with van der Waals surface area (Å²) in [7, 11) is -1.20. The quantitative estimate of drug-likeness (QED) is 0.424. The summed E-state index contributed by atoms with van der Waals surface area (Å²) in [6.45, 7) is 5.12. The molecule has 0 saturated carbocycles. The number of nitrogens with one attached hydrogen (secondary N) is 1. The number of methoxy groups -OCH3 is 2. The van der Waals surface area contributed by atoms with Crippen LogP contribution in [-0.2, 0) is 14.8 Å². The summed E-state index contributed by atoms with van der Waals surface area (Å²) in [5.41, 5.74) is 6.70. The maximum atomic E-state index is 13.5. The van der Waals surface area contributed by atoms with Crippen LogP contribution in [0, 0.1) is 6.92 Å². The number of aliphatic imine (C=N–C) groups is 1. The van der Waals surface area contributed by atoms with Crippen molar-refractivity contribution in [2.75, 3.05) is 18.9 Å². The van der Waals surface area contributed by atoms with Gasteiger partial charge in [-0.25, -0.2) is 23.4 Å². The highest BCUT2D eigenvalue weighted by molar-refractivity contribution is 7.93. The molecular weight excluding hydrogens is 498 g/mol. The van der Waals surface area contributed by atoms with Gasteiger partial charge in [-0.15, -0.1) is 10.2 Å². The van der Waals surface area contributed by atoms with Gasteiger partial charge in [0.2, 0.25) is 21.9 Å². The maximum absolute atomic E-state index is 13.5. The second-order valence-electron chi connectivity index (χ2n) is 8.19. The Kier molecular flexibility index (Phi) is 7.12. The van der Waals surface area contributed by atoms with Gasteiger partial charge in [-0.3, -0.25) is 9.29 Å². The molecule has 1 aromatic carbocycles. The number of para-hydroxylation sites is 1. The lowest BCUT2D eigenvalue weighted by Crippen LogP contribution is -2.31. The molecule has 2 atom stereocenters. The molecule has 0 amide bonds. The number of aromatic nitrogens is 5. The second kappa shape index (κ2) is 10.3. The van der Waals surface area contributed by atoms with E-state index in [0.29, 0.717) is 5.82 Å². The van der Waals surface area contributed by atoms with Gasteiger partial charge in [0.15, 0.2) is 11.5 Å². The molecule has 3 aromatic rings. The van der Waals surface area contributed by atoms with Crippen LogP contribution in [0.5, 0.6) is 11.5 Å². The SMILES string of the molecule is COC1=NC(c2nnc(NS(=O)(=O)[C@@H](C)[C@H](C)c3ncc(C)cn3)n2-c2c(O)cccc2OC)=C=C=C1. The first-order valence-electron chi connectivity index (χ1n) is 11.1. The van der Waals surface area contributed by atoms with Crippen LogP contribution in [0.3, 0.4) is 0 Å². The fourth-order valence-corrected chi connectivity index (χ4v) is 4.73. The van der Waals surface area contributed by atoms with E-state index in [1.807, 2.05) is 6.92 Å². The van der Waals surface area contributed by atoms with Crippen LogP contribution in [0.1, 0.15) is 37.0 Å². The molecule has 37 heavy (non-hydrogen) atoms. The Morgan fingerprint density at radius 1 is 1.11 bits per heavy atom. The molecule has 0 saturated heterocycles. The molecule has 2 aromatic heterocycles. The molecule has 2 N–H and O–H groups in total. The summed E-state index contributed by atoms with van der Waals surface area (Å²) in [6, 6.07) is 4.61. The average Bonchev–Trinajstić information content (AvgIpc) is 3.30. The van der Waals surface area contributed by atoms with Crippen molar-refractivity contribution in [3.63, 3.8) is 0 Å². The van der Waals surface area contributed by atoms with Crippen LogP contribution in [0.15, 0.2) is 53.1 Å². The minimum absolute atomic E-state index is 0.0650. The van der Waals surface area contributed by atoms with Crippen LogP contribution < -0.4 is 9.46 Å². The summed E-state index contributed by atoms with van der Waals surface area (Å²) < 4.78 is 41.3. The number of hydrogen-bond donors (Lipinski definition) is 2. The van der Waals surface area contributed by atoms with Gasteiger partial charge < -0.3 is 14.6 Å².